The lowest BCUT2D eigenvalue weighted by atomic mass is 9.99. The second-order valence-corrected chi connectivity index (χ2v) is 8.21. The van der Waals surface area contributed by atoms with Gasteiger partial charge in [-0.25, -0.2) is 0 Å². The van der Waals surface area contributed by atoms with E-state index < -0.39 is 0 Å². The number of hydrogen-bond donors (Lipinski definition) is 1. The molecule has 2 aliphatic rings. The van der Waals surface area contributed by atoms with Gasteiger partial charge in [0.05, 0.1) is 0 Å². The quantitative estimate of drug-likeness (QED) is 0.662. The van der Waals surface area contributed by atoms with Crippen molar-refractivity contribution < 1.29 is 9.47 Å². The summed E-state index contributed by atoms with van der Waals surface area (Å²) in [6.45, 7) is 5.20. The minimum atomic E-state index is 0.278. The van der Waals surface area contributed by atoms with Crippen LogP contribution in [0.2, 0.25) is 5.02 Å². The molecule has 0 atom stereocenters. The number of nitrogens with zero attached hydrogens (tertiary/aromatic N) is 3. The van der Waals surface area contributed by atoms with E-state index in [1.807, 2.05) is 36.4 Å². The fourth-order valence-electron chi connectivity index (χ4n) is 3.93. The highest BCUT2D eigenvalue weighted by atomic mass is 35.5. The molecule has 5 rings (SSSR count). The molecule has 0 bridgehead atoms. The van der Waals surface area contributed by atoms with Gasteiger partial charge in [0.2, 0.25) is 6.79 Å². The highest BCUT2D eigenvalue weighted by Gasteiger charge is 2.21. The summed E-state index contributed by atoms with van der Waals surface area (Å²) in [6.07, 6.45) is 2.35. The number of fused-ring (bicyclic) bond motifs is 2. The maximum atomic E-state index is 6.32. The number of halogens is 1. The Bertz CT molecular complexity index is 1050. The van der Waals surface area contributed by atoms with Gasteiger partial charge in [-0.15, -0.1) is 10.2 Å². The second kappa shape index (κ2) is 7.59. The first-order chi connectivity index (χ1) is 14.2. The van der Waals surface area contributed by atoms with Crippen molar-refractivity contribution >= 4 is 34.0 Å². The minimum absolute atomic E-state index is 0.278. The molecule has 1 N–H and O–H groups in total. The number of anilines is 2. The third kappa shape index (κ3) is 3.65. The predicted octanol–water partition coefficient (Wildman–Crippen LogP) is 4.86. The molecule has 0 unspecified atom stereocenters. The Kier molecular flexibility index (Phi) is 4.79. The molecule has 7 heteroatoms. The van der Waals surface area contributed by atoms with Crippen LogP contribution in [0, 0.1) is 5.92 Å². The zero-order valence-electron chi connectivity index (χ0n) is 16.3. The van der Waals surface area contributed by atoms with Crippen molar-refractivity contribution in [2.45, 2.75) is 26.3 Å². The molecule has 0 saturated carbocycles. The van der Waals surface area contributed by atoms with Gasteiger partial charge in [-0.3, -0.25) is 0 Å². The third-order valence-corrected chi connectivity index (χ3v) is 5.94. The average molecular weight is 411 g/mol. The Morgan fingerprint density at radius 2 is 1.86 bits per heavy atom. The van der Waals surface area contributed by atoms with Crippen LogP contribution < -0.4 is 19.7 Å². The fraction of sp³-hybridized carbons (Fsp3) is 0.364. The number of ether oxygens (including phenoxy) is 2. The topological polar surface area (TPSA) is 59.5 Å². The number of nitrogens with one attached hydrogen (secondary N) is 1. The van der Waals surface area contributed by atoms with Crippen LogP contribution in [-0.4, -0.2) is 30.1 Å². The Labute approximate surface area is 174 Å². The first-order valence-corrected chi connectivity index (χ1v) is 10.4. The number of piperidine rings is 1. The van der Waals surface area contributed by atoms with Crippen LogP contribution in [0.25, 0.3) is 10.8 Å². The van der Waals surface area contributed by atoms with Crippen molar-refractivity contribution in [3.63, 3.8) is 0 Å². The third-order valence-electron chi connectivity index (χ3n) is 5.70. The molecule has 0 amide bonds. The van der Waals surface area contributed by atoms with E-state index in [-0.39, 0.29) is 6.79 Å². The monoisotopic (exact) mass is 410 g/mol. The van der Waals surface area contributed by atoms with E-state index in [1.54, 1.807) is 0 Å². The van der Waals surface area contributed by atoms with E-state index in [0.29, 0.717) is 11.6 Å². The summed E-state index contributed by atoms with van der Waals surface area (Å²) in [6, 6.07) is 11.9. The first-order valence-electron chi connectivity index (χ1n) is 10.0. The second-order valence-electron chi connectivity index (χ2n) is 7.77. The zero-order valence-corrected chi connectivity index (χ0v) is 17.1. The molecule has 3 heterocycles. The van der Waals surface area contributed by atoms with Gasteiger partial charge >= 0.3 is 0 Å². The molecule has 1 fully saturated rings. The lowest BCUT2D eigenvalue weighted by Gasteiger charge is -2.31. The first kappa shape index (κ1) is 18.3. The van der Waals surface area contributed by atoms with Crippen LogP contribution in [-0.2, 0) is 6.54 Å². The van der Waals surface area contributed by atoms with Crippen molar-refractivity contribution in [2.24, 2.45) is 5.92 Å². The maximum Gasteiger partial charge on any atom is 0.231 e. The summed E-state index contributed by atoms with van der Waals surface area (Å²) in [5.74, 6) is 4.00. The van der Waals surface area contributed by atoms with E-state index in [1.165, 1.54) is 12.8 Å². The number of hydrogen-bond acceptors (Lipinski definition) is 6. The van der Waals surface area contributed by atoms with Crippen molar-refractivity contribution in [1.82, 2.24) is 10.2 Å². The van der Waals surface area contributed by atoms with Gasteiger partial charge < -0.3 is 19.7 Å². The van der Waals surface area contributed by atoms with Crippen LogP contribution >= 0.6 is 11.6 Å². The lowest BCUT2D eigenvalue weighted by molar-refractivity contribution is 0.174. The maximum absolute atomic E-state index is 6.32. The van der Waals surface area contributed by atoms with Crippen LogP contribution in [0.4, 0.5) is 11.6 Å². The van der Waals surface area contributed by atoms with Gasteiger partial charge in [0.25, 0.3) is 0 Å². The van der Waals surface area contributed by atoms with Gasteiger partial charge in [0, 0.05) is 35.4 Å². The molecule has 2 aliphatic heterocycles. The summed E-state index contributed by atoms with van der Waals surface area (Å²) >= 11 is 6.32. The van der Waals surface area contributed by atoms with Crippen molar-refractivity contribution in [2.75, 3.05) is 30.1 Å². The summed E-state index contributed by atoms with van der Waals surface area (Å²) in [7, 11) is 0. The smallest absolute Gasteiger partial charge is 0.231 e. The molecule has 1 aromatic heterocycles. The van der Waals surface area contributed by atoms with Crippen LogP contribution in [0.15, 0.2) is 36.4 Å². The minimum Gasteiger partial charge on any atom is -0.454 e. The number of aromatic nitrogens is 2. The standard InChI is InChI=1S/C22H23ClN4O2/c1-14-6-8-27(9-7-14)22-18-11-16(23)3-4-17(18)21(25-26-22)24-12-15-2-5-19-20(10-15)29-13-28-19/h2-5,10-11,14H,6-9,12-13H2,1H3,(H,24,25). The molecule has 2 aromatic carbocycles. The molecule has 0 spiro atoms. The van der Waals surface area contributed by atoms with E-state index in [4.69, 9.17) is 21.1 Å². The van der Waals surface area contributed by atoms with Crippen molar-refractivity contribution in [3.8, 4) is 11.5 Å². The largest absolute Gasteiger partial charge is 0.454 e. The van der Waals surface area contributed by atoms with Gasteiger partial charge in [-0.05, 0) is 54.7 Å². The number of benzene rings is 2. The Morgan fingerprint density at radius 1 is 1.03 bits per heavy atom. The molecule has 0 radical (unpaired) electrons. The summed E-state index contributed by atoms with van der Waals surface area (Å²) in [4.78, 5) is 2.33. The summed E-state index contributed by atoms with van der Waals surface area (Å²) < 4.78 is 10.8. The van der Waals surface area contributed by atoms with Gasteiger partial charge in [0.1, 0.15) is 0 Å². The van der Waals surface area contributed by atoms with Crippen LogP contribution in [0.5, 0.6) is 11.5 Å². The lowest BCUT2D eigenvalue weighted by Crippen LogP contribution is -2.33. The SMILES string of the molecule is CC1CCN(c2nnc(NCc3ccc4c(c3)OCO4)c3ccc(Cl)cc23)CC1. The molecule has 3 aromatic rings. The normalized spacial score (nSPS) is 16.4. The molecular weight excluding hydrogens is 388 g/mol. The van der Waals surface area contributed by atoms with Gasteiger partial charge in [0.15, 0.2) is 23.1 Å². The summed E-state index contributed by atoms with van der Waals surface area (Å²) in [5.41, 5.74) is 1.09. The zero-order chi connectivity index (χ0) is 19.8. The van der Waals surface area contributed by atoms with Crippen LogP contribution in [0.1, 0.15) is 25.3 Å². The molecule has 0 aliphatic carbocycles. The van der Waals surface area contributed by atoms with Gasteiger partial charge in [-0.2, -0.15) is 0 Å². The number of rotatable bonds is 4. The Hall–Kier alpha value is -2.73. The van der Waals surface area contributed by atoms with E-state index >= 15 is 0 Å². The van der Waals surface area contributed by atoms with Crippen LogP contribution in [0.3, 0.4) is 0 Å². The average Bonchev–Trinajstić information content (AvgIpc) is 3.20. The molecular formula is C22H23ClN4O2. The Morgan fingerprint density at radius 3 is 2.72 bits per heavy atom. The van der Waals surface area contributed by atoms with E-state index in [0.717, 1.165) is 58.5 Å². The van der Waals surface area contributed by atoms with Crippen molar-refractivity contribution in [1.29, 1.82) is 0 Å². The molecule has 29 heavy (non-hydrogen) atoms. The Balaban J connectivity index is 1.43. The molecule has 1 saturated heterocycles. The highest BCUT2D eigenvalue weighted by molar-refractivity contribution is 6.31. The molecule has 6 nitrogen and oxygen atoms in total. The van der Waals surface area contributed by atoms with E-state index in [9.17, 15) is 0 Å². The molecule has 150 valence electrons. The summed E-state index contributed by atoms with van der Waals surface area (Å²) in [5, 5.41) is 15.3. The predicted molar refractivity (Wildman–Crippen MR) is 115 cm³/mol. The fourth-order valence-corrected chi connectivity index (χ4v) is 4.11. The van der Waals surface area contributed by atoms with E-state index in [2.05, 4.69) is 27.3 Å². The van der Waals surface area contributed by atoms with Crippen molar-refractivity contribution in [3.05, 3.63) is 47.0 Å². The van der Waals surface area contributed by atoms with Gasteiger partial charge in [-0.1, -0.05) is 24.6 Å². The highest BCUT2D eigenvalue weighted by Crippen LogP contribution is 2.34.